The lowest BCUT2D eigenvalue weighted by Crippen LogP contribution is -2.18. The first-order chi connectivity index (χ1) is 16.5. The van der Waals surface area contributed by atoms with Gasteiger partial charge in [-0.1, -0.05) is 18.2 Å². The molecule has 0 heterocycles. The Balaban J connectivity index is 1.54. The van der Waals surface area contributed by atoms with Crippen molar-refractivity contribution in [3.05, 3.63) is 77.9 Å². The monoisotopic (exact) mass is 459 g/mol. The van der Waals surface area contributed by atoms with Gasteiger partial charge in [-0.15, -0.1) is 0 Å². The van der Waals surface area contributed by atoms with Gasteiger partial charge in [-0.05, 0) is 42.8 Å². The first-order valence-electron chi connectivity index (χ1n) is 10.6. The SMILES string of the molecule is COc1cccc(NC(=O)c2ccccc2NC(=O)CCCOc2ccc(C#N)cc2OC)c1. The number of nitriles is 1. The predicted octanol–water partition coefficient (Wildman–Crippen LogP) is 4.63. The molecule has 0 aromatic heterocycles. The molecule has 0 spiro atoms. The Morgan fingerprint density at radius 3 is 2.50 bits per heavy atom. The van der Waals surface area contributed by atoms with E-state index in [4.69, 9.17) is 19.5 Å². The van der Waals surface area contributed by atoms with E-state index < -0.39 is 0 Å². The van der Waals surface area contributed by atoms with E-state index in [2.05, 4.69) is 10.6 Å². The van der Waals surface area contributed by atoms with Gasteiger partial charge in [0.05, 0.1) is 43.7 Å². The molecule has 0 atom stereocenters. The van der Waals surface area contributed by atoms with E-state index in [1.807, 2.05) is 6.07 Å². The minimum Gasteiger partial charge on any atom is -0.497 e. The van der Waals surface area contributed by atoms with E-state index in [1.54, 1.807) is 73.8 Å². The standard InChI is InChI=1S/C26H25N3O5/c1-32-20-8-5-7-19(16-20)28-26(31)21-9-3-4-10-22(21)29-25(30)11-6-14-34-23-13-12-18(17-27)15-24(23)33-2/h3-5,7-10,12-13,15-16H,6,11,14H2,1-2H3,(H,28,31)(H,29,30). The Bertz CT molecular complexity index is 1200. The predicted molar refractivity (Wildman–Crippen MR) is 128 cm³/mol. The highest BCUT2D eigenvalue weighted by Crippen LogP contribution is 2.28. The highest BCUT2D eigenvalue weighted by Gasteiger charge is 2.14. The number of ether oxygens (including phenoxy) is 3. The summed E-state index contributed by atoms with van der Waals surface area (Å²) in [4.78, 5) is 25.3. The van der Waals surface area contributed by atoms with E-state index in [-0.39, 0.29) is 24.8 Å². The van der Waals surface area contributed by atoms with Crippen LogP contribution in [0.4, 0.5) is 11.4 Å². The number of carbonyl (C=O) groups is 2. The number of carbonyl (C=O) groups excluding carboxylic acids is 2. The quantitative estimate of drug-likeness (QED) is 0.428. The molecule has 0 fully saturated rings. The molecule has 0 aliphatic carbocycles. The van der Waals surface area contributed by atoms with Crippen molar-refractivity contribution < 1.29 is 23.8 Å². The number of benzene rings is 3. The van der Waals surface area contributed by atoms with E-state index in [1.165, 1.54) is 7.11 Å². The van der Waals surface area contributed by atoms with Crippen LogP contribution in [0.25, 0.3) is 0 Å². The molecule has 0 radical (unpaired) electrons. The smallest absolute Gasteiger partial charge is 0.257 e. The number of hydrogen-bond acceptors (Lipinski definition) is 6. The van der Waals surface area contributed by atoms with Crippen molar-refractivity contribution in [2.45, 2.75) is 12.8 Å². The van der Waals surface area contributed by atoms with Crippen LogP contribution < -0.4 is 24.8 Å². The first-order valence-corrected chi connectivity index (χ1v) is 10.6. The number of nitrogens with zero attached hydrogens (tertiary/aromatic N) is 1. The van der Waals surface area contributed by atoms with E-state index >= 15 is 0 Å². The molecule has 3 aromatic rings. The molecule has 0 unspecified atom stereocenters. The maximum absolute atomic E-state index is 12.8. The minimum absolute atomic E-state index is 0.199. The number of hydrogen-bond donors (Lipinski definition) is 2. The van der Waals surface area contributed by atoms with Gasteiger partial charge in [-0.2, -0.15) is 5.26 Å². The van der Waals surface area contributed by atoms with Crippen LogP contribution in [0.5, 0.6) is 17.2 Å². The van der Waals surface area contributed by atoms with Crippen LogP contribution in [-0.2, 0) is 4.79 Å². The van der Waals surface area contributed by atoms with Crippen molar-refractivity contribution in [3.8, 4) is 23.3 Å². The second-order valence-corrected chi connectivity index (χ2v) is 7.21. The van der Waals surface area contributed by atoms with Gasteiger partial charge in [-0.3, -0.25) is 9.59 Å². The fourth-order valence-corrected chi connectivity index (χ4v) is 3.17. The average molecular weight is 460 g/mol. The number of nitrogens with one attached hydrogen (secondary N) is 2. The average Bonchev–Trinajstić information content (AvgIpc) is 2.87. The van der Waals surface area contributed by atoms with Crippen LogP contribution in [0.15, 0.2) is 66.7 Å². The third kappa shape index (κ3) is 6.50. The Labute approximate surface area is 198 Å². The Kier molecular flexibility index (Phi) is 8.47. The molecular formula is C26H25N3O5. The molecular weight excluding hydrogens is 434 g/mol. The molecule has 0 bridgehead atoms. The van der Waals surface area contributed by atoms with Gasteiger partial charge < -0.3 is 24.8 Å². The third-order valence-electron chi connectivity index (χ3n) is 4.87. The Hall–Kier alpha value is -4.51. The molecule has 0 aliphatic heterocycles. The van der Waals surface area contributed by atoms with E-state index in [9.17, 15) is 9.59 Å². The van der Waals surface area contributed by atoms with Crippen LogP contribution in [-0.4, -0.2) is 32.6 Å². The lowest BCUT2D eigenvalue weighted by Gasteiger charge is -2.13. The van der Waals surface area contributed by atoms with Crippen LogP contribution in [0, 0.1) is 11.3 Å². The fraction of sp³-hybridized carbons (Fsp3) is 0.192. The molecule has 8 nitrogen and oxygen atoms in total. The number of methoxy groups -OCH3 is 2. The van der Waals surface area contributed by atoms with Gasteiger partial charge in [0.1, 0.15) is 5.75 Å². The topological polar surface area (TPSA) is 110 Å². The second-order valence-electron chi connectivity index (χ2n) is 7.21. The largest absolute Gasteiger partial charge is 0.497 e. The minimum atomic E-state index is -0.347. The number of amides is 2. The van der Waals surface area contributed by atoms with Crippen molar-refractivity contribution >= 4 is 23.2 Å². The summed E-state index contributed by atoms with van der Waals surface area (Å²) in [5, 5.41) is 14.6. The summed E-state index contributed by atoms with van der Waals surface area (Å²) in [5.74, 6) is 0.999. The molecule has 8 heteroatoms. The summed E-state index contributed by atoms with van der Waals surface area (Å²) >= 11 is 0. The summed E-state index contributed by atoms with van der Waals surface area (Å²) in [6, 6.07) is 20.8. The van der Waals surface area contributed by atoms with Crippen molar-refractivity contribution in [3.63, 3.8) is 0 Å². The number of anilines is 2. The van der Waals surface area contributed by atoms with Crippen molar-refractivity contribution in [1.82, 2.24) is 0 Å². The number of para-hydroxylation sites is 1. The maximum atomic E-state index is 12.8. The van der Waals surface area contributed by atoms with Gasteiger partial charge in [0, 0.05) is 24.2 Å². The van der Waals surface area contributed by atoms with Crippen molar-refractivity contribution in [2.75, 3.05) is 31.5 Å². The normalized spacial score (nSPS) is 10.0. The summed E-state index contributed by atoms with van der Waals surface area (Å²) in [5.41, 5.74) is 1.82. The molecule has 34 heavy (non-hydrogen) atoms. The van der Waals surface area contributed by atoms with Crippen LogP contribution in [0.2, 0.25) is 0 Å². The molecule has 174 valence electrons. The molecule has 0 aliphatic rings. The van der Waals surface area contributed by atoms with Crippen LogP contribution in [0.1, 0.15) is 28.8 Å². The second kappa shape index (κ2) is 11.9. The maximum Gasteiger partial charge on any atom is 0.257 e. The molecule has 2 N–H and O–H groups in total. The molecule has 2 amide bonds. The van der Waals surface area contributed by atoms with E-state index in [0.29, 0.717) is 46.2 Å². The number of rotatable bonds is 10. The first kappa shape index (κ1) is 24.1. The van der Waals surface area contributed by atoms with E-state index in [0.717, 1.165) is 0 Å². The van der Waals surface area contributed by atoms with Gasteiger partial charge >= 0.3 is 0 Å². The highest BCUT2D eigenvalue weighted by molar-refractivity contribution is 6.10. The zero-order chi connectivity index (χ0) is 24.3. The molecule has 3 rings (SSSR count). The van der Waals surface area contributed by atoms with Gasteiger partial charge in [-0.25, -0.2) is 0 Å². The Morgan fingerprint density at radius 2 is 1.74 bits per heavy atom. The van der Waals surface area contributed by atoms with Crippen molar-refractivity contribution in [2.24, 2.45) is 0 Å². The summed E-state index contributed by atoms with van der Waals surface area (Å²) in [7, 11) is 3.05. The zero-order valence-electron chi connectivity index (χ0n) is 19.0. The van der Waals surface area contributed by atoms with Gasteiger partial charge in [0.2, 0.25) is 5.91 Å². The zero-order valence-corrected chi connectivity index (χ0v) is 19.0. The van der Waals surface area contributed by atoms with Crippen molar-refractivity contribution in [1.29, 1.82) is 5.26 Å². The summed E-state index contributed by atoms with van der Waals surface area (Å²) in [6.45, 7) is 0.285. The lowest BCUT2D eigenvalue weighted by molar-refractivity contribution is -0.116. The lowest BCUT2D eigenvalue weighted by atomic mass is 10.1. The third-order valence-corrected chi connectivity index (χ3v) is 4.87. The van der Waals surface area contributed by atoms with Gasteiger partial charge in [0.25, 0.3) is 5.91 Å². The van der Waals surface area contributed by atoms with Crippen LogP contribution >= 0.6 is 0 Å². The molecule has 3 aromatic carbocycles. The fourth-order valence-electron chi connectivity index (χ4n) is 3.17. The molecule has 0 saturated carbocycles. The highest BCUT2D eigenvalue weighted by atomic mass is 16.5. The van der Waals surface area contributed by atoms with Gasteiger partial charge in [0.15, 0.2) is 11.5 Å². The summed E-state index contributed by atoms with van der Waals surface area (Å²) in [6.07, 6.45) is 0.650. The Morgan fingerprint density at radius 1 is 0.912 bits per heavy atom. The molecule has 0 saturated heterocycles. The summed E-state index contributed by atoms with van der Waals surface area (Å²) < 4.78 is 16.1. The van der Waals surface area contributed by atoms with Crippen LogP contribution in [0.3, 0.4) is 0 Å².